The van der Waals surface area contributed by atoms with Gasteiger partial charge in [0, 0.05) is 18.0 Å². The van der Waals surface area contributed by atoms with Crippen molar-refractivity contribution in [2.24, 2.45) is 10.7 Å². The lowest BCUT2D eigenvalue weighted by Crippen LogP contribution is -1.87. The highest BCUT2D eigenvalue weighted by atomic mass is 14.8. The standard InChI is InChI=1S/C9H11N3/c1-2-3-8-6-11-5-4-9(8)12-7-10/h2-7H,1H3,(H2,10,11,12)/b3-2+. The summed E-state index contributed by atoms with van der Waals surface area (Å²) in [6, 6.07) is 1.82. The Hall–Kier alpha value is -1.64. The van der Waals surface area contributed by atoms with E-state index in [0.29, 0.717) is 0 Å². The summed E-state index contributed by atoms with van der Waals surface area (Å²) in [4.78, 5) is 7.97. The van der Waals surface area contributed by atoms with E-state index in [1.807, 2.05) is 25.1 Å². The van der Waals surface area contributed by atoms with Crippen LogP contribution in [0.2, 0.25) is 0 Å². The maximum atomic E-state index is 5.19. The van der Waals surface area contributed by atoms with Crippen molar-refractivity contribution in [2.75, 3.05) is 0 Å². The van der Waals surface area contributed by atoms with E-state index in [4.69, 9.17) is 5.73 Å². The van der Waals surface area contributed by atoms with Crippen LogP contribution in [0.25, 0.3) is 6.08 Å². The first kappa shape index (κ1) is 8.46. The highest BCUT2D eigenvalue weighted by Gasteiger charge is 1.93. The Labute approximate surface area is 71.7 Å². The molecule has 0 amide bonds. The minimum atomic E-state index is 0.839. The lowest BCUT2D eigenvalue weighted by molar-refractivity contribution is 1.30. The molecule has 0 aromatic carbocycles. The summed E-state index contributed by atoms with van der Waals surface area (Å²) in [5, 5.41) is 0. The minimum absolute atomic E-state index is 0.839. The van der Waals surface area contributed by atoms with E-state index in [2.05, 4.69) is 9.98 Å². The lowest BCUT2D eigenvalue weighted by atomic mass is 10.2. The van der Waals surface area contributed by atoms with Gasteiger partial charge in [-0.2, -0.15) is 0 Å². The number of pyridine rings is 1. The second kappa shape index (κ2) is 4.28. The number of aromatic nitrogens is 1. The third-order valence-electron chi connectivity index (χ3n) is 1.39. The summed E-state index contributed by atoms with van der Waals surface area (Å²) >= 11 is 0. The Bertz CT molecular complexity index is 271. The highest BCUT2D eigenvalue weighted by molar-refractivity contribution is 5.67. The number of nitrogens with zero attached hydrogens (tertiary/aromatic N) is 2. The van der Waals surface area contributed by atoms with E-state index in [9.17, 15) is 0 Å². The summed E-state index contributed by atoms with van der Waals surface area (Å²) in [5.41, 5.74) is 7.00. The summed E-state index contributed by atoms with van der Waals surface area (Å²) in [6.45, 7) is 1.95. The maximum Gasteiger partial charge on any atom is 0.0860 e. The predicted molar refractivity (Wildman–Crippen MR) is 51.3 cm³/mol. The van der Waals surface area contributed by atoms with Crippen LogP contribution in [0.3, 0.4) is 0 Å². The zero-order valence-electron chi connectivity index (χ0n) is 6.94. The van der Waals surface area contributed by atoms with Crippen LogP contribution in [0.5, 0.6) is 0 Å². The SMILES string of the molecule is C/C=C/c1cnccc1/N=C\N. The van der Waals surface area contributed by atoms with E-state index in [-0.39, 0.29) is 0 Å². The molecule has 1 aromatic heterocycles. The molecule has 0 saturated heterocycles. The van der Waals surface area contributed by atoms with Gasteiger partial charge in [0.05, 0.1) is 12.0 Å². The van der Waals surface area contributed by atoms with Crippen LogP contribution < -0.4 is 5.73 Å². The smallest absolute Gasteiger partial charge is 0.0860 e. The predicted octanol–water partition coefficient (Wildman–Crippen LogP) is 1.73. The topological polar surface area (TPSA) is 51.3 Å². The van der Waals surface area contributed by atoms with Crippen LogP contribution in [-0.2, 0) is 0 Å². The largest absolute Gasteiger partial charge is 0.390 e. The molecule has 2 N–H and O–H groups in total. The van der Waals surface area contributed by atoms with E-state index in [1.54, 1.807) is 12.4 Å². The molecular formula is C9H11N3. The highest BCUT2D eigenvalue weighted by Crippen LogP contribution is 2.17. The maximum absolute atomic E-state index is 5.19. The minimum Gasteiger partial charge on any atom is -0.390 e. The number of aliphatic imine (C=N–C) groups is 1. The van der Waals surface area contributed by atoms with Gasteiger partial charge < -0.3 is 5.73 Å². The molecule has 3 heteroatoms. The monoisotopic (exact) mass is 161 g/mol. The zero-order valence-corrected chi connectivity index (χ0v) is 6.94. The molecule has 1 rings (SSSR count). The van der Waals surface area contributed by atoms with Crippen LogP contribution in [0, 0.1) is 0 Å². The fraction of sp³-hybridized carbons (Fsp3) is 0.111. The van der Waals surface area contributed by atoms with Crippen LogP contribution in [0.1, 0.15) is 12.5 Å². The molecule has 0 aliphatic carbocycles. The summed E-state index contributed by atoms with van der Waals surface area (Å²) in [5.74, 6) is 0. The van der Waals surface area contributed by atoms with Gasteiger partial charge in [-0.05, 0) is 13.0 Å². The number of allylic oxidation sites excluding steroid dienone is 1. The molecule has 62 valence electrons. The van der Waals surface area contributed by atoms with Crippen molar-refractivity contribution in [3.63, 3.8) is 0 Å². The number of rotatable bonds is 2. The number of nitrogens with two attached hydrogens (primary N) is 1. The van der Waals surface area contributed by atoms with Crippen molar-refractivity contribution in [3.8, 4) is 0 Å². The molecule has 12 heavy (non-hydrogen) atoms. The molecule has 0 radical (unpaired) electrons. The fourth-order valence-electron chi connectivity index (χ4n) is 0.905. The molecule has 0 unspecified atom stereocenters. The molecule has 0 aliphatic heterocycles. The first-order valence-corrected chi connectivity index (χ1v) is 3.69. The average molecular weight is 161 g/mol. The molecular weight excluding hydrogens is 150 g/mol. The van der Waals surface area contributed by atoms with Crippen LogP contribution in [-0.4, -0.2) is 11.3 Å². The quantitative estimate of drug-likeness (QED) is 0.530. The molecule has 3 nitrogen and oxygen atoms in total. The van der Waals surface area contributed by atoms with Gasteiger partial charge in [-0.15, -0.1) is 0 Å². The number of hydrogen-bond donors (Lipinski definition) is 1. The molecule has 0 saturated carbocycles. The summed E-state index contributed by atoms with van der Waals surface area (Å²) in [6.07, 6.45) is 8.60. The van der Waals surface area contributed by atoms with Gasteiger partial charge in [-0.1, -0.05) is 12.2 Å². The molecule has 0 aliphatic rings. The second-order valence-corrected chi connectivity index (χ2v) is 2.21. The van der Waals surface area contributed by atoms with E-state index in [1.165, 1.54) is 6.34 Å². The Kier molecular flexibility index (Phi) is 3.02. The molecule has 0 atom stereocenters. The Morgan fingerprint density at radius 3 is 3.08 bits per heavy atom. The van der Waals surface area contributed by atoms with Crippen molar-refractivity contribution in [1.29, 1.82) is 0 Å². The van der Waals surface area contributed by atoms with Gasteiger partial charge in [-0.25, -0.2) is 4.99 Å². The number of hydrogen-bond acceptors (Lipinski definition) is 2. The average Bonchev–Trinajstić information content (AvgIpc) is 2.09. The Morgan fingerprint density at radius 2 is 2.42 bits per heavy atom. The molecule has 0 bridgehead atoms. The van der Waals surface area contributed by atoms with Gasteiger partial charge in [0.15, 0.2) is 0 Å². The van der Waals surface area contributed by atoms with E-state index in [0.717, 1.165) is 11.3 Å². The van der Waals surface area contributed by atoms with Crippen LogP contribution in [0.15, 0.2) is 29.5 Å². The summed E-state index contributed by atoms with van der Waals surface area (Å²) < 4.78 is 0. The van der Waals surface area contributed by atoms with E-state index >= 15 is 0 Å². The third-order valence-corrected chi connectivity index (χ3v) is 1.39. The normalized spacial score (nSPS) is 11.4. The first-order chi connectivity index (χ1) is 5.88. The Morgan fingerprint density at radius 1 is 1.58 bits per heavy atom. The summed E-state index contributed by atoms with van der Waals surface area (Å²) in [7, 11) is 0. The molecule has 0 spiro atoms. The van der Waals surface area contributed by atoms with Crippen LogP contribution >= 0.6 is 0 Å². The third kappa shape index (κ3) is 1.92. The van der Waals surface area contributed by atoms with Gasteiger partial charge in [0.25, 0.3) is 0 Å². The fourth-order valence-corrected chi connectivity index (χ4v) is 0.905. The van der Waals surface area contributed by atoms with Gasteiger partial charge in [0.1, 0.15) is 0 Å². The van der Waals surface area contributed by atoms with Gasteiger partial charge >= 0.3 is 0 Å². The molecule has 0 fully saturated rings. The van der Waals surface area contributed by atoms with Crippen molar-refractivity contribution in [1.82, 2.24) is 4.98 Å². The lowest BCUT2D eigenvalue weighted by Gasteiger charge is -1.96. The van der Waals surface area contributed by atoms with Crippen molar-refractivity contribution in [2.45, 2.75) is 6.92 Å². The van der Waals surface area contributed by atoms with Crippen molar-refractivity contribution < 1.29 is 0 Å². The van der Waals surface area contributed by atoms with Crippen molar-refractivity contribution >= 4 is 18.1 Å². The first-order valence-electron chi connectivity index (χ1n) is 3.69. The van der Waals surface area contributed by atoms with E-state index < -0.39 is 0 Å². The molecule has 1 heterocycles. The Balaban J connectivity index is 3.08. The van der Waals surface area contributed by atoms with Crippen LogP contribution in [0.4, 0.5) is 5.69 Å². The van der Waals surface area contributed by atoms with Gasteiger partial charge in [-0.3, -0.25) is 4.98 Å². The van der Waals surface area contributed by atoms with Crippen molar-refractivity contribution in [3.05, 3.63) is 30.1 Å². The van der Waals surface area contributed by atoms with Gasteiger partial charge in [0.2, 0.25) is 0 Å². The zero-order chi connectivity index (χ0) is 8.81. The second-order valence-electron chi connectivity index (χ2n) is 2.21. The molecule has 1 aromatic rings.